The maximum Gasteiger partial charge on any atom is 0.0972 e. The molecule has 1 fully saturated rings. The second kappa shape index (κ2) is 8.72. The first kappa shape index (κ1) is 18.9. The highest BCUT2D eigenvalue weighted by molar-refractivity contribution is 5.49. The van der Waals surface area contributed by atoms with Gasteiger partial charge in [0.05, 0.1) is 5.54 Å². The Labute approximate surface area is 169 Å². The molecule has 1 aliphatic heterocycles. The third kappa shape index (κ3) is 3.50. The molecule has 0 atom stereocenters. The molecule has 0 saturated carbocycles. The molecule has 4 rings (SSSR count). The second-order valence-electron chi connectivity index (χ2n) is 7.82. The Hall–Kier alpha value is -2.42. The Kier molecular flexibility index (Phi) is 5.90. The van der Waals surface area contributed by atoms with Crippen LogP contribution >= 0.6 is 0 Å². The molecule has 1 heterocycles. The summed E-state index contributed by atoms with van der Waals surface area (Å²) in [6.45, 7) is 2.97. The number of likely N-dealkylation sites (tertiary alicyclic amines) is 1. The summed E-state index contributed by atoms with van der Waals surface area (Å²) in [4.78, 5) is 2.69. The first-order valence-electron chi connectivity index (χ1n) is 10.5. The van der Waals surface area contributed by atoms with Crippen molar-refractivity contribution >= 4 is 0 Å². The minimum atomic E-state index is -0.266. The third-order valence-electron chi connectivity index (χ3n) is 6.24. The predicted molar refractivity (Wildman–Crippen MR) is 117 cm³/mol. The average molecular weight is 371 g/mol. The Morgan fingerprint density at radius 2 is 1.07 bits per heavy atom. The summed E-state index contributed by atoms with van der Waals surface area (Å²) in [7, 11) is 0. The van der Waals surface area contributed by atoms with Crippen molar-refractivity contribution in [1.29, 1.82) is 0 Å². The highest BCUT2D eigenvalue weighted by Gasteiger charge is 2.43. The van der Waals surface area contributed by atoms with Gasteiger partial charge in [-0.1, -0.05) is 91.0 Å². The van der Waals surface area contributed by atoms with Crippen LogP contribution in [-0.2, 0) is 5.54 Å². The maximum absolute atomic E-state index is 5.84. The molecule has 1 aliphatic rings. The molecule has 0 amide bonds. The fourth-order valence-electron chi connectivity index (χ4n) is 4.88. The van der Waals surface area contributed by atoms with E-state index in [0.717, 1.165) is 32.0 Å². The standard InChI is InChI=1S/C26H30N2/c27-19-16-22-17-20-28(21-18-22)26(23-10-4-1-5-11-23,24-12-6-2-7-13-24)25-14-8-3-9-15-25/h1-15,22H,16-21,27H2. The molecule has 2 nitrogen and oxygen atoms in total. The molecule has 0 spiro atoms. The van der Waals surface area contributed by atoms with Crippen LogP contribution in [0.15, 0.2) is 91.0 Å². The lowest BCUT2D eigenvalue weighted by Crippen LogP contribution is -2.51. The average Bonchev–Trinajstić information content (AvgIpc) is 2.78. The molecule has 0 unspecified atom stereocenters. The molecule has 144 valence electrons. The van der Waals surface area contributed by atoms with E-state index < -0.39 is 0 Å². The first-order chi connectivity index (χ1) is 13.9. The van der Waals surface area contributed by atoms with Crippen molar-refractivity contribution in [2.75, 3.05) is 19.6 Å². The summed E-state index contributed by atoms with van der Waals surface area (Å²) in [5.74, 6) is 0.751. The number of piperidine rings is 1. The van der Waals surface area contributed by atoms with Crippen molar-refractivity contribution in [2.45, 2.75) is 24.8 Å². The summed E-state index contributed by atoms with van der Waals surface area (Å²) in [5, 5.41) is 0. The Bertz CT molecular complexity index is 741. The molecule has 28 heavy (non-hydrogen) atoms. The summed E-state index contributed by atoms with van der Waals surface area (Å²) in [5.41, 5.74) is 9.59. The van der Waals surface area contributed by atoms with Gasteiger partial charge in [0, 0.05) is 0 Å². The number of benzene rings is 3. The normalized spacial score (nSPS) is 16.2. The van der Waals surface area contributed by atoms with Crippen LogP contribution in [-0.4, -0.2) is 24.5 Å². The smallest absolute Gasteiger partial charge is 0.0972 e. The third-order valence-corrected chi connectivity index (χ3v) is 6.24. The zero-order valence-electron chi connectivity index (χ0n) is 16.5. The van der Waals surface area contributed by atoms with Crippen LogP contribution in [0.4, 0.5) is 0 Å². The SMILES string of the molecule is NCCC1CCN(C(c2ccccc2)(c2ccccc2)c2ccccc2)CC1. The van der Waals surface area contributed by atoms with E-state index in [1.807, 2.05) is 0 Å². The largest absolute Gasteiger partial charge is 0.330 e. The molecule has 3 aromatic rings. The van der Waals surface area contributed by atoms with Crippen LogP contribution in [0, 0.1) is 5.92 Å². The fraction of sp³-hybridized carbons (Fsp3) is 0.308. The van der Waals surface area contributed by atoms with Crippen molar-refractivity contribution in [3.8, 4) is 0 Å². The second-order valence-corrected chi connectivity index (χ2v) is 7.82. The molecule has 3 aromatic carbocycles. The topological polar surface area (TPSA) is 29.3 Å². The van der Waals surface area contributed by atoms with E-state index in [1.54, 1.807) is 0 Å². The van der Waals surface area contributed by atoms with Gasteiger partial charge in [0.15, 0.2) is 0 Å². The van der Waals surface area contributed by atoms with Crippen molar-refractivity contribution in [1.82, 2.24) is 4.90 Å². The Morgan fingerprint density at radius 3 is 1.43 bits per heavy atom. The van der Waals surface area contributed by atoms with Crippen molar-refractivity contribution in [2.24, 2.45) is 11.7 Å². The van der Waals surface area contributed by atoms with E-state index >= 15 is 0 Å². The van der Waals surface area contributed by atoms with Crippen LogP contribution in [0.2, 0.25) is 0 Å². The van der Waals surface area contributed by atoms with Gasteiger partial charge in [0.2, 0.25) is 0 Å². The van der Waals surface area contributed by atoms with Gasteiger partial charge in [0.25, 0.3) is 0 Å². The summed E-state index contributed by atoms with van der Waals surface area (Å²) < 4.78 is 0. The highest BCUT2D eigenvalue weighted by Crippen LogP contribution is 2.44. The zero-order chi connectivity index (χ0) is 19.2. The molecule has 2 N–H and O–H groups in total. The van der Waals surface area contributed by atoms with Gasteiger partial charge in [-0.2, -0.15) is 0 Å². The van der Waals surface area contributed by atoms with Crippen LogP contribution in [0.25, 0.3) is 0 Å². The quantitative estimate of drug-likeness (QED) is 0.616. The minimum absolute atomic E-state index is 0.266. The van der Waals surface area contributed by atoms with Crippen molar-refractivity contribution in [3.05, 3.63) is 108 Å². The molecule has 1 saturated heterocycles. The number of hydrogen-bond acceptors (Lipinski definition) is 2. The van der Waals surface area contributed by atoms with E-state index in [4.69, 9.17) is 5.73 Å². The number of nitrogens with two attached hydrogens (primary N) is 1. The molecule has 0 radical (unpaired) electrons. The van der Waals surface area contributed by atoms with Gasteiger partial charge in [0.1, 0.15) is 0 Å². The number of hydrogen-bond donors (Lipinski definition) is 1. The van der Waals surface area contributed by atoms with E-state index in [1.165, 1.54) is 29.5 Å². The lowest BCUT2D eigenvalue weighted by atomic mass is 9.74. The summed E-state index contributed by atoms with van der Waals surface area (Å²) in [6.07, 6.45) is 3.57. The lowest BCUT2D eigenvalue weighted by Gasteiger charge is -2.48. The summed E-state index contributed by atoms with van der Waals surface area (Å²) in [6, 6.07) is 33.0. The molecular formula is C26H30N2. The lowest BCUT2D eigenvalue weighted by molar-refractivity contribution is 0.0998. The van der Waals surface area contributed by atoms with Crippen molar-refractivity contribution in [3.63, 3.8) is 0 Å². The van der Waals surface area contributed by atoms with Crippen molar-refractivity contribution < 1.29 is 0 Å². The number of rotatable bonds is 6. The monoisotopic (exact) mass is 370 g/mol. The van der Waals surface area contributed by atoms with E-state index in [9.17, 15) is 0 Å². The summed E-state index contributed by atoms with van der Waals surface area (Å²) >= 11 is 0. The minimum Gasteiger partial charge on any atom is -0.330 e. The van der Waals surface area contributed by atoms with Crippen LogP contribution in [0.3, 0.4) is 0 Å². The zero-order valence-corrected chi connectivity index (χ0v) is 16.5. The van der Waals surface area contributed by atoms with Gasteiger partial charge in [-0.25, -0.2) is 0 Å². The Balaban J connectivity index is 1.87. The molecule has 0 aliphatic carbocycles. The fourth-order valence-corrected chi connectivity index (χ4v) is 4.88. The molecule has 0 bridgehead atoms. The highest BCUT2D eigenvalue weighted by atomic mass is 15.2. The van der Waals surface area contributed by atoms with Crippen LogP contribution < -0.4 is 5.73 Å². The van der Waals surface area contributed by atoms with Gasteiger partial charge in [-0.05, 0) is 61.5 Å². The van der Waals surface area contributed by atoms with Gasteiger partial charge in [-0.15, -0.1) is 0 Å². The van der Waals surface area contributed by atoms with Gasteiger partial charge < -0.3 is 5.73 Å². The van der Waals surface area contributed by atoms with Gasteiger partial charge in [-0.3, -0.25) is 4.90 Å². The predicted octanol–water partition coefficient (Wildman–Crippen LogP) is 5.04. The molecule has 0 aromatic heterocycles. The Morgan fingerprint density at radius 1 is 0.679 bits per heavy atom. The van der Waals surface area contributed by atoms with E-state index in [2.05, 4.69) is 95.9 Å². The molecule has 2 heteroatoms. The van der Waals surface area contributed by atoms with Crippen LogP contribution in [0.5, 0.6) is 0 Å². The van der Waals surface area contributed by atoms with Gasteiger partial charge >= 0.3 is 0 Å². The van der Waals surface area contributed by atoms with E-state index in [0.29, 0.717) is 0 Å². The maximum atomic E-state index is 5.84. The van der Waals surface area contributed by atoms with E-state index in [-0.39, 0.29) is 5.54 Å². The first-order valence-corrected chi connectivity index (χ1v) is 10.5. The molecular weight excluding hydrogens is 340 g/mol. The number of nitrogens with zero attached hydrogens (tertiary/aromatic N) is 1. The van der Waals surface area contributed by atoms with Crippen LogP contribution in [0.1, 0.15) is 36.0 Å².